The van der Waals surface area contributed by atoms with E-state index in [9.17, 15) is 22.4 Å². The van der Waals surface area contributed by atoms with Gasteiger partial charge in [0.15, 0.2) is 11.5 Å². The number of rotatable bonds is 5. The maximum atomic E-state index is 12.7. The first-order valence-electron chi connectivity index (χ1n) is 5.25. The fourth-order valence-electron chi connectivity index (χ4n) is 1.44. The van der Waals surface area contributed by atoms with Gasteiger partial charge in [0.25, 0.3) is 0 Å². The number of pyridine rings is 1. The second-order valence-electron chi connectivity index (χ2n) is 3.53. The van der Waals surface area contributed by atoms with Gasteiger partial charge in [-0.3, -0.25) is 9.78 Å². The molecule has 5 nitrogen and oxygen atoms in total. The van der Waals surface area contributed by atoms with Crippen molar-refractivity contribution >= 4 is 5.97 Å². The summed E-state index contributed by atoms with van der Waals surface area (Å²) in [6.07, 6.45) is -4.38. The molecular weight excluding hydrogens is 286 g/mol. The highest BCUT2D eigenvalue weighted by molar-refractivity contribution is 5.74. The van der Waals surface area contributed by atoms with Crippen molar-refractivity contribution in [1.82, 2.24) is 4.98 Å². The summed E-state index contributed by atoms with van der Waals surface area (Å²) in [7, 11) is 2.19. The zero-order valence-corrected chi connectivity index (χ0v) is 10.6. The van der Waals surface area contributed by atoms with Crippen molar-refractivity contribution in [1.29, 1.82) is 0 Å². The van der Waals surface area contributed by atoms with Crippen molar-refractivity contribution in [3.8, 4) is 11.5 Å². The van der Waals surface area contributed by atoms with E-state index in [0.717, 1.165) is 20.4 Å². The summed E-state index contributed by atoms with van der Waals surface area (Å²) in [5, 5.41) is 0. The standard InChI is InChI=1S/C11H11F4NO4/c1-18-8(17)3-6-5-16-7(4-12)10(9(6)19-2)20-11(13,14)15/h5H,3-4H2,1-2H3. The summed E-state index contributed by atoms with van der Waals surface area (Å²) < 4.78 is 62.5. The number of ether oxygens (including phenoxy) is 3. The lowest BCUT2D eigenvalue weighted by Crippen LogP contribution is -2.20. The average Bonchev–Trinajstić information content (AvgIpc) is 2.37. The topological polar surface area (TPSA) is 57.7 Å². The van der Waals surface area contributed by atoms with Crippen LogP contribution in [0.5, 0.6) is 11.5 Å². The van der Waals surface area contributed by atoms with Crippen LogP contribution in [0.3, 0.4) is 0 Å². The molecule has 0 saturated heterocycles. The van der Waals surface area contributed by atoms with Crippen LogP contribution in [0.15, 0.2) is 6.20 Å². The predicted molar refractivity (Wildman–Crippen MR) is 58.0 cm³/mol. The van der Waals surface area contributed by atoms with Crippen molar-refractivity contribution in [2.75, 3.05) is 14.2 Å². The van der Waals surface area contributed by atoms with E-state index < -0.39 is 36.2 Å². The molecule has 0 unspecified atom stereocenters. The Hall–Kier alpha value is -2.06. The van der Waals surface area contributed by atoms with Crippen molar-refractivity contribution in [2.24, 2.45) is 0 Å². The zero-order valence-electron chi connectivity index (χ0n) is 10.6. The Morgan fingerprint density at radius 1 is 1.30 bits per heavy atom. The summed E-state index contributed by atoms with van der Waals surface area (Å²) in [5.41, 5.74) is -0.580. The number of nitrogens with zero attached hydrogens (tertiary/aromatic N) is 1. The van der Waals surface area contributed by atoms with Crippen LogP contribution in [0.25, 0.3) is 0 Å². The van der Waals surface area contributed by atoms with E-state index >= 15 is 0 Å². The quantitative estimate of drug-likeness (QED) is 0.616. The van der Waals surface area contributed by atoms with E-state index in [1.54, 1.807) is 0 Å². The molecule has 1 aromatic heterocycles. The number of hydrogen-bond donors (Lipinski definition) is 0. The minimum absolute atomic E-state index is 0.00389. The highest BCUT2D eigenvalue weighted by Gasteiger charge is 2.35. The number of alkyl halides is 4. The predicted octanol–water partition coefficient (Wildman–Crippen LogP) is 2.17. The number of methoxy groups -OCH3 is 2. The number of carbonyl (C=O) groups is 1. The van der Waals surface area contributed by atoms with Crippen LogP contribution in [0.1, 0.15) is 11.3 Å². The number of halogens is 4. The lowest BCUT2D eigenvalue weighted by molar-refractivity contribution is -0.275. The summed E-state index contributed by atoms with van der Waals surface area (Å²) in [6.45, 7) is -1.28. The second kappa shape index (κ2) is 6.40. The first kappa shape index (κ1) is 16.0. The molecule has 0 fully saturated rings. The van der Waals surface area contributed by atoms with Crippen LogP contribution in [-0.4, -0.2) is 31.5 Å². The van der Waals surface area contributed by atoms with Gasteiger partial charge in [-0.15, -0.1) is 13.2 Å². The van der Waals surface area contributed by atoms with Gasteiger partial charge < -0.3 is 14.2 Å². The molecule has 0 aromatic carbocycles. The van der Waals surface area contributed by atoms with Crippen LogP contribution in [0.2, 0.25) is 0 Å². The molecule has 0 radical (unpaired) electrons. The smallest absolute Gasteiger partial charge is 0.492 e. The molecule has 0 spiro atoms. The molecule has 1 aromatic rings. The van der Waals surface area contributed by atoms with E-state index in [-0.39, 0.29) is 12.0 Å². The van der Waals surface area contributed by atoms with Crippen LogP contribution in [0.4, 0.5) is 17.6 Å². The number of esters is 1. The Kier molecular flexibility index (Phi) is 5.12. The highest BCUT2D eigenvalue weighted by Crippen LogP contribution is 2.37. The molecule has 0 amide bonds. The Morgan fingerprint density at radius 2 is 1.95 bits per heavy atom. The van der Waals surface area contributed by atoms with E-state index in [1.807, 2.05) is 0 Å². The molecule has 0 N–H and O–H groups in total. The minimum Gasteiger partial charge on any atom is -0.492 e. The van der Waals surface area contributed by atoms with E-state index in [2.05, 4.69) is 14.5 Å². The maximum absolute atomic E-state index is 12.7. The number of hydrogen-bond acceptors (Lipinski definition) is 5. The Balaban J connectivity index is 3.28. The third-order valence-corrected chi connectivity index (χ3v) is 2.25. The van der Waals surface area contributed by atoms with Crippen molar-refractivity contribution in [2.45, 2.75) is 19.5 Å². The normalized spacial score (nSPS) is 11.1. The Morgan fingerprint density at radius 3 is 2.40 bits per heavy atom. The molecular formula is C11H11F4NO4. The maximum Gasteiger partial charge on any atom is 0.573 e. The fourth-order valence-corrected chi connectivity index (χ4v) is 1.44. The van der Waals surface area contributed by atoms with Gasteiger partial charge in [-0.1, -0.05) is 0 Å². The van der Waals surface area contributed by atoms with Gasteiger partial charge in [0.05, 0.1) is 20.6 Å². The zero-order chi connectivity index (χ0) is 15.3. The third-order valence-electron chi connectivity index (χ3n) is 2.25. The SMILES string of the molecule is COC(=O)Cc1cnc(CF)c(OC(F)(F)F)c1OC. The minimum atomic E-state index is -5.04. The molecule has 0 aliphatic carbocycles. The highest BCUT2D eigenvalue weighted by atomic mass is 19.4. The van der Waals surface area contributed by atoms with E-state index in [4.69, 9.17) is 4.74 Å². The van der Waals surface area contributed by atoms with Crippen molar-refractivity contribution in [3.05, 3.63) is 17.5 Å². The molecule has 9 heteroatoms. The number of aromatic nitrogens is 1. The Bertz CT molecular complexity index is 490. The van der Waals surface area contributed by atoms with Gasteiger partial charge in [0.1, 0.15) is 12.4 Å². The fraction of sp³-hybridized carbons (Fsp3) is 0.455. The van der Waals surface area contributed by atoms with Gasteiger partial charge in [-0.25, -0.2) is 4.39 Å². The molecule has 0 aliphatic rings. The summed E-state index contributed by atoms with van der Waals surface area (Å²) in [4.78, 5) is 14.6. The van der Waals surface area contributed by atoms with Gasteiger partial charge in [-0.05, 0) is 0 Å². The molecule has 0 saturated carbocycles. The lowest BCUT2D eigenvalue weighted by Gasteiger charge is -2.17. The molecule has 1 heterocycles. The summed E-state index contributed by atoms with van der Waals surface area (Å²) in [6, 6.07) is 0. The molecule has 20 heavy (non-hydrogen) atoms. The molecule has 0 atom stereocenters. The largest absolute Gasteiger partial charge is 0.573 e. The summed E-state index contributed by atoms with van der Waals surface area (Å²) in [5.74, 6) is -2.02. The second-order valence-corrected chi connectivity index (χ2v) is 3.53. The molecule has 0 aliphatic heterocycles. The van der Waals surface area contributed by atoms with E-state index in [0.29, 0.717) is 0 Å². The summed E-state index contributed by atoms with van der Waals surface area (Å²) >= 11 is 0. The van der Waals surface area contributed by atoms with Gasteiger partial charge in [0, 0.05) is 11.8 Å². The molecule has 112 valence electrons. The van der Waals surface area contributed by atoms with Crippen LogP contribution in [-0.2, 0) is 22.6 Å². The monoisotopic (exact) mass is 297 g/mol. The Labute approximate surface area is 111 Å². The molecule has 1 rings (SSSR count). The van der Waals surface area contributed by atoms with Crippen LogP contribution in [0, 0.1) is 0 Å². The first-order valence-corrected chi connectivity index (χ1v) is 5.25. The van der Waals surface area contributed by atoms with Gasteiger partial charge in [0.2, 0.25) is 0 Å². The molecule has 0 bridgehead atoms. The van der Waals surface area contributed by atoms with Crippen molar-refractivity contribution in [3.63, 3.8) is 0 Å². The third kappa shape index (κ3) is 3.97. The average molecular weight is 297 g/mol. The first-order chi connectivity index (χ1) is 9.32. The van der Waals surface area contributed by atoms with Gasteiger partial charge in [-0.2, -0.15) is 0 Å². The van der Waals surface area contributed by atoms with Crippen LogP contribution >= 0.6 is 0 Å². The van der Waals surface area contributed by atoms with Gasteiger partial charge >= 0.3 is 12.3 Å². The lowest BCUT2D eigenvalue weighted by atomic mass is 10.1. The van der Waals surface area contributed by atoms with Crippen molar-refractivity contribution < 1.29 is 36.6 Å². The van der Waals surface area contributed by atoms with E-state index in [1.165, 1.54) is 0 Å². The van der Waals surface area contributed by atoms with Crippen LogP contribution < -0.4 is 9.47 Å². The number of carbonyl (C=O) groups excluding carboxylic acids is 1.